The Kier molecular flexibility index (Phi) is 6.01. The third kappa shape index (κ3) is 4.35. The summed E-state index contributed by atoms with van der Waals surface area (Å²) in [6, 6.07) is 41.9. The molecular weight excluding hydrogens is 462 g/mol. The molecule has 0 atom stereocenters. The molecule has 0 saturated heterocycles. The van der Waals surface area contributed by atoms with Gasteiger partial charge >= 0.3 is 0 Å². The van der Waals surface area contributed by atoms with E-state index in [4.69, 9.17) is 0 Å². The van der Waals surface area contributed by atoms with Crippen molar-refractivity contribution in [2.75, 3.05) is 0 Å². The molecule has 184 valence electrons. The number of nitrogens with zero attached hydrogens (tertiary/aromatic N) is 1. The van der Waals surface area contributed by atoms with E-state index in [1.54, 1.807) is 6.07 Å². The molecule has 0 aliphatic carbocycles. The first-order valence-electron chi connectivity index (χ1n) is 13.0. The molecule has 0 saturated carbocycles. The lowest BCUT2D eigenvalue weighted by molar-refractivity contribution is -0.575. The van der Waals surface area contributed by atoms with Gasteiger partial charge < -0.3 is 5.11 Å². The molecule has 0 amide bonds. The maximum absolute atomic E-state index is 13.7. The van der Waals surface area contributed by atoms with Gasteiger partial charge in [-0.05, 0) is 73.4 Å². The molecule has 2 heteroatoms. The van der Waals surface area contributed by atoms with Crippen LogP contribution in [-0.4, -0.2) is 0 Å². The highest BCUT2D eigenvalue weighted by molar-refractivity contribution is 5.91. The Bertz CT molecular complexity index is 1700. The minimum absolute atomic E-state index is 0.00138. The predicted molar refractivity (Wildman–Crippen MR) is 155 cm³/mol. The molecule has 5 aromatic carbocycles. The maximum Gasteiger partial charge on any atom is 0.219 e. The summed E-state index contributed by atoms with van der Waals surface area (Å²) in [6.07, 6.45) is 0. The van der Waals surface area contributed by atoms with Crippen molar-refractivity contribution in [2.24, 2.45) is 0 Å². The number of hydrogen-bond acceptors (Lipinski definition) is 1. The molecule has 1 aromatic heterocycles. The van der Waals surface area contributed by atoms with Crippen LogP contribution in [0.3, 0.4) is 0 Å². The van der Waals surface area contributed by atoms with Crippen molar-refractivity contribution in [1.82, 2.24) is 0 Å². The average molecular weight is 492 g/mol. The second-order valence-corrected chi connectivity index (χ2v) is 10.1. The first kappa shape index (κ1) is 23.7. The lowest BCUT2D eigenvalue weighted by Gasteiger charge is -2.18. The Hall–Kier alpha value is -4.69. The van der Waals surface area contributed by atoms with Gasteiger partial charge in [-0.1, -0.05) is 95.6 Å². The van der Waals surface area contributed by atoms with Crippen LogP contribution in [0, 0.1) is 20.8 Å². The third-order valence-electron chi connectivity index (χ3n) is 7.23. The van der Waals surface area contributed by atoms with E-state index in [0.717, 1.165) is 44.4 Å². The van der Waals surface area contributed by atoms with Gasteiger partial charge in [-0.2, -0.15) is 4.57 Å². The second kappa shape index (κ2) is 9.64. The highest BCUT2D eigenvalue weighted by Crippen LogP contribution is 2.34. The number of fused-ring (bicyclic) bond motifs is 1. The molecule has 0 aliphatic rings. The first-order valence-corrected chi connectivity index (χ1v) is 13.0. The zero-order valence-corrected chi connectivity index (χ0v) is 21.9. The van der Waals surface area contributed by atoms with Crippen LogP contribution in [0.1, 0.15) is 16.7 Å². The number of aromatic nitrogens is 1. The van der Waals surface area contributed by atoms with Gasteiger partial charge in [0.15, 0.2) is 0 Å². The molecule has 0 spiro atoms. The Morgan fingerprint density at radius 2 is 0.947 bits per heavy atom. The van der Waals surface area contributed by atoms with Crippen molar-refractivity contribution in [3.8, 4) is 45.1 Å². The van der Waals surface area contributed by atoms with Gasteiger partial charge in [-0.25, -0.2) is 0 Å². The van der Waals surface area contributed by atoms with Crippen molar-refractivity contribution < 1.29 is 9.67 Å². The summed E-state index contributed by atoms with van der Waals surface area (Å²) in [6.45, 7) is 6.30. The molecule has 0 radical (unpaired) electrons. The molecule has 0 bridgehead atoms. The molecule has 38 heavy (non-hydrogen) atoms. The normalized spacial score (nSPS) is 11.1. The van der Waals surface area contributed by atoms with Gasteiger partial charge in [0.05, 0.1) is 5.39 Å². The van der Waals surface area contributed by atoms with Crippen LogP contribution >= 0.6 is 0 Å². The second-order valence-electron chi connectivity index (χ2n) is 10.1. The van der Waals surface area contributed by atoms with Crippen LogP contribution < -0.4 is 9.67 Å². The van der Waals surface area contributed by atoms with E-state index in [2.05, 4.69) is 116 Å². The lowest BCUT2D eigenvalue weighted by Crippen LogP contribution is -2.37. The minimum atomic E-state index is -0.00138. The summed E-state index contributed by atoms with van der Waals surface area (Å²) in [5.41, 5.74) is 10.6. The summed E-state index contributed by atoms with van der Waals surface area (Å²) >= 11 is 0. The van der Waals surface area contributed by atoms with Gasteiger partial charge in [-0.15, -0.1) is 0 Å². The van der Waals surface area contributed by atoms with Gasteiger partial charge in [0.2, 0.25) is 17.1 Å². The number of hydrogen-bond donors (Lipinski definition) is 0. The van der Waals surface area contributed by atoms with E-state index < -0.39 is 0 Å². The van der Waals surface area contributed by atoms with Gasteiger partial charge in [0.1, 0.15) is 0 Å². The molecular formula is C36H29NO. The van der Waals surface area contributed by atoms with Crippen LogP contribution in [0.2, 0.25) is 0 Å². The molecule has 0 aliphatic heterocycles. The Labute approximate surface area is 224 Å². The van der Waals surface area contributed by atoms with Gasteiger partial charge in [-0.3, -0.25) is 0 Å². The molecule has 2 nitrogen and oxygen atoms in total. The predicted octanol–water partition coefficient (Wildman–Crippen LogP) is 8.12. The lowest BCUT2D eigenvalue weighted by atomic mass is 9.96. The zero-order valence-electron chi connectivity index (χ0n) is 21.9. The van der Waals surface area contributed by atoms with E-state index in [9.17, 15) is 5.11 Å². The zero-order chi connectivity index (χ0) is 26.2. The summed E-state index contributed by atoms with van der Waals surface area (Å²) in [7, 11) is 0. The molecule has 0 N–H and O–H groups in total. The number of pyridine rings is 1. The fourth-order valence-electron chi connectivity index (χ4n) is 5.09. The van der Waals surface area contributed by atoms with Crippen molar-refractivity contribution in [2.45, 2.75) is 20.8 Å². The fourth-order valence-corrected chi connectivity index (χ4v) is 5.09. The summed E-state index contributed by atoms with van der Waals surface area (Å²) in [4.78, 5) is 0. The fraction of sp³-hybridized carbons (Fsp3) is 0.0833. The van der Waals surface area contributed by atoms with Crippen LogP contribution in [0.15, 0.2) is 121 Å². The van der Waals surface area contributed by atoms with Crippen molar-refractivity contribution in [3.05, 3.63) is 138 Å². The maximum atomic E-state index is 13.7. The van der Waals surface area contributed by atoms with Crippen molar-refractivity contribution in [3.63, 3.8) is 0 Å². The van der Waals surface area contributed by atoms with Crippen LogP contribution in [0.25, 0.3) is 50.1 Å². The highest BCUT2D eigenvalue weighted by atomic mass is 16.3. The van der Waals surface area contributed by atoms with E-state index in [1.807, 2.05) is 24.3 Å². The quantitative estimate of drug-likeness (QED) is 0.229. The molecule has 1 heterocycles. The monoisotopic (exact) mass is 491 g/mol. The Morgan fingerprint density at radius 1 is 0.474 bits per heavy atom. The Balaban J connectivity index is 1.77. The third-order valence-corrected chi connectivity index (χ3v) is 7.23. The number of benzene rings is 5. The van der Waals surface area contributed by atoms with E-state index >= 15 is 0 Å². The van der Waals surface area contributed by atoms with Crippen LogP contribution in [0.4, 0.5) is 0 Å². The number of rotatable bonds is 4. The number of aryl methyl sites for hydroxylation is 3. The summed E-state index contributed by atoms with van der Waals surface area (Å²) in [5.74, 6) is -0.00138. The van der Waals surface area contributed by atoms with Crippen LogP contribution in [0.5, 0.6) is 5.75 Å². The van der Waals surface area contributed by atoms with Gasteiger partial charge in [0, 0.05) is 23.3 Å². The Morgan fingerprint density at radius 3 is 1.47 bits per heavy atom. The smallest absolute Gasteiger partial charge is 0.219 e. The average Bonchev–Trinajstić information content (AvgIpc) is 2.94. The van der Waals surface area contributed by atoms with Gasteiger partial charge in [0.25, 0.3) is 0 Å². The topological polar surface area (TPSA) is 26.9 Å². The summed E-state index contributed by atoms with van der Waals surface area (Å²) < 4.78 is 2.16. The molecule has 6 rings (SSSR count). The SMILES string of the molecule is Cc1ccc(-c2cc(-c3ccc(C)cc3)[n+](-c3c([O-])ccc4ccccc34)c(-c3ccc(C)cc3)c2)cc1. The molecule has 0 fully saturated rings. The van der Waals surface area contributed by atoms with E-state index in [1.165, 1.54) is 16.7 Å². The standard InChI is InChI=1S/C36H29NO/c1-24-8-14-27(15-9-24)31-22-33(29-16-10-25(2)11-17-29)37(34(23-31)30-18-12-26(3)13-19-30)36-32-7-5-4-6-28(32)20-21-35(36)38/h4-23H,1-3H3. The van der Waals surface area contributed by atoms with Crippen LogP contribution in [-0.2, 0) is 0 Å². The molecule has 6 aromatic rings. The highest BCUT2D eigenvalue weighted by Gasteiger charge is 2.27. The van der Waals surface area contributed by atoms with Crippen molar-refractivity contribution in [1.29, 1.82) is 0 Å². The first-order chi connectivity index (χ1) is 18.5. The minimum Gasteiger partial charge on any atom is -0.868 e. The van der Waals surface area contributed by atoms with E-state index in [0.29, 0.717) is 5.69 Å². The van der Waals surface area contributed by atoms with E-state index in [-0.39, 0.29) is 5.75 Å². The van der Waals surface area contributed by atoms with Crippen molar-refractivity contribution >= 4 is 10.8 Å². The largest absolute Gasteiger partial charge is 0.868 e. The molecule has 0 unspecified atom stereocenters. The summed E-state index contributed by atoms with van der Waals surface area (Å²) in [5, 5.41) is 15.7.